The van der Waals surface area contributed by atoms with Crippen LogP contribution in [-0.2, 0) is 10.0 Å². The van der Waals surface area contributed by atoms with Gasteiger partial charge in [0.25, 0.3) is 10.0 Å². The van der Waals surface area contributed by atoms with E-state index in [0.29, 0.717) is 11.4 Å². The van der Waals surface area contributed by atoms with Crippen LogP contribution in [0.5, 0.6) is 0 Å². The molecule has 2 aromatic rings. The molecule has 3 N–H and O–H groups in total. The predicted octanol–water partition coefficient (Wildman–Crippen LogP) is 2.86. The molecule has 0 unspecified atom stereocenters. The summed E-state index contributed by atoms with van der Waals surface area (Å²) in [7, 11) is -3.94. The highest BCUT2D eigenvalue weighted by atomic mass is 35.5. The predicted molar refractivity (Wildman–Crippen MR) is 73.1 cm³/mol. The van der Waals surface area contributed by atoms with Crippen LogP contribution in [0.1, 0.15) is 0 Å². The highest BCUT2D eigenvalue weighted by molar-refractivity contribution is 7.92. The Morgan fingerprint density at radius 2 is 1.74 bits per heavy atom. The highest BCUT2D eigenvalue weighted by Gasteiger charge is 2.18. The second kappa shape index (κ2) is 5.07. The fraction of sp³-hybridized carbons (Fsp3) is 0. The van der Waals surface area contributed by atoms with E-state index >= 15 is 0 Å². The van der Waals surface area contributed by atoms with Crippen molar-refractivity contribution < 1.29 is 12.8 Å². The zero-order chi connectivity index (χ0) is 14.0. The van der Waals surface area contributed by atoms with Crippen molar-refractivity contribution in [3.63, 3.8) is 0 Å². The standard InChI is InChI=1S/C12H10ClFN2O2S/c13-11-6-1-8(14)7-12(11)19(17,18)16-10-4-2-9(15)3-5-10/h1-7,16H,15H2. The van der Waals surface area contributed by atoms with E-state index in [1.54, 1.807) is 12.1 Å². The van der Waals surface area contributed by atoms with Gasteiger partial charge in [0.15, 0.2) is 0 Å². The molecule has 0 saturated heterocycles. The van der Waals surface area contributed by atoms with Gasteiger partial charge in [-0.05, 0) is 42.5 Å². The average Bonchev–Trinajstić information content (AvgIpc) is 2.35. The van der Waals surface area contributed by atoms with Crippen molar-refractivity contribution in [2.45, 2.75) is 4.90 Å². The molecule has 0 amide bonds. The summed E-state index contributed by atoms with van der Waals surface area (Å²) in [5.74, 6) is -0.679. The first-order valence-electron chi connectivity index (χ1n) is 5.22. The fourth-order valence-electron chi connectivity index (χ4n) is 1.44. The molecule has 0 radical (unpaired) electrons. The SMILES string of the molecule is Nc1ccc(NS(=O)(=O)c2cc(F)ccc2Cl)cc1. The molecule has 19 heavy (non-hydrogen) atoms. The Labute approximate surface area is 115 Å². The van der Waals surface area contributed by atoms with Gasteiger partial charge in [-0.2, -0.15) is 0 Å². The van der Waals surface area contributed by atoms with Crippen LogP contribution in [0, 0.1) is 5.82 Å². The van der Waals surface area contributed by atoms with Crippen LogP contribution in [-0.4, -0.2) is 8.42 Å². The van der Waals surface area contributed by atoms with Crippen molar-refractivity contribution >= 4 is 33.0 Å². The van der Waals surface area contributed by atoms with E-state index in [1.807, 2.05) is 0 Å². The van der Waals surface area contributed by atoms with Crippen molar-refractivity contribution in [2.24, 2.45) is 0 Å². The molecular weight excluding hydrogens is 291 g/mol. The van der Waals surface area contributed by atoms with Gasteiger partial charge in [-0.15, -0.1) is 0 Å². The topological polar surface area (TPSA) is 72.2 Å². The summed E-state index contributed by atoms with van der Waals surface area (Å²) in [6.07, 6.45) is 0. The number of halogens is 2. The van der Waals surface area contributed by atoms with E-state index in [0.717, 1.165) is 12.1 Å². The lowest BCUT2D eigenvalue weighted by Gasteiger charge is -2.09. The fourth-order valence-corrected chi connectivity index (χ4v) is 3.02. The van der Waals surface area contributed by atoms with E-state index in [4.69, 9.17) is 17.3 Å². The third kappa shape index (κ3) is 3.15. The second-order valence-corrected chi connectivity index (χ2v) is 5.86. The molecule has 4 nitrogen and oxygen atoms in total. The quantitative estimate of drug-likeness (QED) is 0.856. The van der Waals surface area contributed by atoms with Crippen LogP contribution in [0.25, 0.3) is 0 Å². The number of benzene rings is 2. The molecule has 2 aromatic carbocycles. The van der Waals surface area contributed by atoms with E-state index in [1.165, 1.54) is 18.2 Å². The summed E-state index contributed by atoms with van der Waals surface area (Å²) in [4.78, 5) is -0.314. The second-order valence-electron chi connectivity index (χ2n) is 3.80. The summed E-state index contributed by atoms with van der Waals surface area (Å²) < 4.78 is 39.5. The number of rotatable bonds is 3. The summed E-state index contributed by atoms with van der Waals surface area (Å²) >= 11 is 5.77. The zero-order valence-corrected chi connectivity index (χ0v) is 11.2. The maximum Gasteiger partial charge on any atom is 0.263 e. The molecule has 0 aromatic heterocycles. The van der Waals surface area contributed by atoms with E-state index in [-0.39, 0.29) is 9.92 Å². The molecule has 0 aliphatic heterocycles. The normalized spacial score (nSPS) is 11.3. The lowest BCUT2D eigenvalue weighted by molar-refractivity contribution is 0.595. The number of hydrogen-bond donors (Lipinski definition) is 2. The van der Waals surface area contributed by atoms with Crippen molar-refractivity contribution in [3.8, 4) is 0 Å². The third-order valence-corrected chi connectivity index (χ3v) is 4.21. The van der Waals surface area contributed by atoms with Gasteiger partial charge >= 0.3 is 0 Å². The van der Waals surface area contributed by atoms with Crippen LogP contribution in [0.15, 0.2) is 47.4 Å². The molecule has 0 fully saturated rings. The van der Waals surface area contributed by atoms with Gasteiger partial charge in [0, 0.05) is 11.4 Å². The van der Waals surface area contributed by atoms with Gasteiger partial charge < -0.3 is 5.73 Å². The minimum atomic E-state index is -3.94. The first-order valence-corrected chi connectivity index (χ1v) is 7.08. The highest BCUT2D eigenvalue weighted by Crippen LogP contribution is 2.24. The van der Waals surface area contributed by atoms with E-state index in [9.17, 15) is 12.8 Å². The first kappa shape index (κ1) is 13.6. The van der Waals surface area contributed by atoms with E-state index in [2.05, 4.69) is 4.72 Å². The Morgan fingerprint density at radius 3 is 2.37 bits per heavy atom. The van der Waals surface area contributed by atoms with Crippen molar-refractivity contribution in [1.29, 1.82) is 0 Å². The van der Waals surface area contributed by atoms with Crippen molar-refractivity contribution in [2.75, 3.05) is 10.5 Å². The maximum atomic E-state index is 13.1. The van der Waals surface area contributed by atoms with Gasteiger partial charge in [0.05, 0.1) is 5.02 Å². The number of nitrogens with one attached hydrogen (secondary N) is 1. The molecule has 0 aliphatic rings. The maximum absolute atomic E-state index is 13.1. The Kier molecular flexibility index (Phi) is 3.64. The molecule has 0 bridgehead atoms. The smallest absolute Gasteiger partial charge is 0.263 e. The Bertz CT molecular complexity index is 702. The van der Waals surface area contributed by atoms with Crippen LogP contribution in [0.3, 0.4) is 0 Å². The molecular formula is C12H10ClFN2O2S. The van der Waals surface area contributed by atoms with Crippen molar-refractivity contribution in [1.82, 2.24) is 0 Å². The summed E-state index contributed by atoms with van der Waals surface area (Å²) in [6, 6.07) is 9.23. The molecule has 0 saturated carbocycles. The van der Waals surface area contributed by atoms with Gasteiger partial charge in [-0.1, -0.05) is 11.6 Å². The average molecular weight is 301 g/mol. The third-order valence-electron chi connectivity index (χ3n) is 2.35. The molecule has 0 heterocycles. The first-order chi connectivity index (χ1) is 8.88. The molecule has 2 rings (SSSR count). The van der Waals surface area contributed by atoms with Gasteiger partial charge in [-0.25, -0.2) is 12.8 Å². The Balaban J connectivity index is 2.37. The number of nitrogen functional groups attached to an aromatic ring is 1. The molecule has 0 aliphatic carbocycles. The largest absolute Gasteiger partial charge is 0.399 e. The van der Waals surface area contributed by atoms with Crippen LogP contribution < -0.4 is 10.5 Å². The van der Waals surface area contributed by atoms with Crippen LogP contribution >= 0.6 is 11.6 Å². The summed E-state index contributed by atoms with van der Waals surface area (Å²) in [6.45, 7) is 0. The number of sulfonamides is 1. The molecule has 100 valence electrons. The molecule has 0 atom stereocenters. The molecule has 0 spiro atoms. The summed E-state index contributed by atoms with van der Waals surface area (Å²) in [5.41, 5.74) is 6.32. The Hall–Kier alpha value is -1.79. The number of anilines is 2. The number of hydrogen-bond acceptors (Lipinski definition) is 3. The van der Waals surface area contributed by atoms with Crippen molar-refractivity contribution in [3.05, 3.63) is 53.3 Å². The van der Waals surface area contributed by atoms with Gasteiger partial charge in [0.2, 0.25) is 0 Å². The van der Waals surface area contributed by atoms with Gasteiger partial charge in [0.1, 0.15) is 10.7 Å². The monoisotopic (exact) mass is 300 g/mol. The minimum absolute atomic E-state index is 0.0515. The zero-order valence-electron chi connectivity index (χ0n) is 9.60. The lowest BCUT2D eigenvalue weighted by Crippen LogP contribution is -2.13. The Morgan fingerprint density at radius 1 is 1.11 bits per heavy atom. The molecule has 7 heteroatoms. The van der Waals surface area contributed by atoms with E-state index < -0.39 is 15.8 Å². The van der Waals surface area contributed by atoms with Gasteiger partial charge in [-0.3, -0.25) is 4.72 Å². The summed E-state index contributed by atoms with van der Waals surface area (Å²) in [5, 5.41) is -0.0515. The van der Waals surface area contributed by atoms with Crippen LogP contribution in [0.2, 0.25) is 5.02 Å². The number of nitrogens with two attached hydrogens (primary N) is 1. The lowest BCUT2D eigenvalue weighted by atomic mass is 10.3. The van der Waals surface area contributed by atoms with Crippen LogP contribution in [0.4, 0.5) is 15.8 Å². The minimum Gasteiger partial charge on any atom is -0.399 e.